The Bertz CT molecular complexity index is 4190. The first kappa shape index (κ1) is 94.3. The summed E-state index contributed by atoms with van der Waals surface area (Å²) in [7, 11) is -5.75. The molecule has 0 aromatic heterocycles. The maximum absolute atomic E-state index is 14.7. The van der Waals surface area contributed by atoms with E-state index in [1.807, 2.05) is 0 Å². The van der Waals surface area contributed by atoms with Gasteiger partial charge in [0, 0.05) is 63.4 Å². The Kier molecular flexibility index (Phi) is 27.0. The molecule has 10 fully saturated rings. The highest BCUT2D eigenvalue weighted by molar-refractivity contribution is 7.91. The fourth-order valence-electron chi connectivity index (χ4n) is 29.9. The van der Waals surface area contributed by atoms with Crippen molar-refractivity contribution in [1.29, 1.82) is 0 Å². The van der Waals surface area contributed by atoms with Crippen molar-refractivity contribution in [2.75, 3.05) is 102 Å². The van der Waals surface area contributed by atoms with E-state index in [9.17, 15) is 49.9 Å². The first-order valence-electron chi connectivity index (χ1n) is 46.2. The van der Waals surface area contributed by atoms with Crippen LogP contribution in [0.1, 0.15) is 279 Å². The third-order valence-corrected chi connectivity index (χ3v) is 40.4. The van der Waals surface area contributed by atoms with Crippen LogP contribution in [0.2, 0.25) is 0 Å². The largest absolute Gasteiger partial charge is 0.481 e. The number of ether oxygens (including phenoxy) is 3. The summed E-state index contributed by atoms with van der Waals surface area (Å²) < 4.78 is 92.0. The fourth-order valence-corrected chi connectivity index (χ4v) is 32.5. The number of halogens is 3. The van der Waals surface area contributed by atoms with Crippen LogP contribution in [0.5, 0.6) is 0 Å². The lowest BCUT2D eigenvalue weighted by atomic mass is 9.33. The van der Waals surface area contributed by atoms with Gasteiger partial charge in [-0.3, -0.25) is 19.2 Å². The lowest BCUT2D eigenvalue weighted by molar-refractivity contribution is -0.221. The molecule has 14 aliphatic rings. The molecule has 0 radical (unpaired) electrons. The van der Waals surface area contributed by atoms with Crippen molar-refractivity contribution in [3.63, 3.8) is 0 Å². The van der Waals surface area contributed by atoms with Gasteiger partial charge in [-0.2, -0.15) is 0 Å². The number of hydrogen-bond acceptors (Lipinski definition) is 15. The maximum Gasteiger partial charge on any atom is 0.317 e. The van der Waals surface area contributed by atoms with E-state index in [1.165, 1.54) is 136 Å². The number of rotatable bonds is 19. The Labute approximate surface area is 721 Å². The Hall–Kier alpha value is -3.79. The summed E-state index contributed by atoms with van der Waals surface area (Å²) in [5.41, 5.74) is 5.87. The summed E-state index contributed by atoms with van der Waals surface area (Å²) in [6, 6.07) is -0.0594. The second-order valence-electron chi connectivity index (χ2n) is 45.6. The zero-order chi connectivity index (χ0) is 87.3. The summed E-state index contributed by atoms with van der Waals surface area (Å²) in [5, 5.41) is 18.2. The van der Waals surface area contributed by atoms with Crippen LogP contribution in [0.3, 0.4) is 0 Å². The molecule has 21 heteroatoms. The molecule has 2 heterocycles. The number of hydrogen-bond donors (Lipinski definition) is 3. The smallest absolute Gasteiger partial charge is 0.317 e. The minimum Gasteiger partial charge on any atom is -0.481 e. The number of allylic oxidation sites excluding steroid dienone is 10. The lowest BCUT2D eigenvalue weighted by Gasteiger charge is -2.72. The molecule has 119 heavy (non-hydrogen) atoms. The van der Waals surface area contributed by atoms with E-state index in [2.05, 4.69) is 146 Å². The van der Waals surface area contributed by atoms with E-state index >= 15 is 0 Å². The van der Waals surface area contributed by atoms with E-state index in [-0.39, 0.29) is 90.8 Å². The first-order valence-corrected chi connectivity index (χ1v) is 50.4. The SMILES string of the molecule is C=C(C)[C@@H]1CC[C@]2(NCCN3CCS(=O)(=O)CC3)CC[C@]3(C)[C@H](CC[C@@H]4[C@@]5(C)CC=C(C6=CC[C@@](CF)(C(=O)O)CC6)C(C)(C)[C@@H]5CC[C@]43C)[C@@H]12.C=C(C)[C@@H]1CC[C@]2(NCCN3CCS(=O)(=O)CC3)CC[C@]3(C)[C@H](CC[C@@H]4[C@@]5(C)CC=C(C6=CC[C@@](CF)(C(=O)OCOC(=O)C(C)(C)C)CC6)C(C)(C)[C@@H]5CC[C@]43C)[C@@H]12.CC(C)(C)C(=O)OCCl. The van der Waals surface area contributed by atoms with Crippen molar-refractivity contribution >= 4 is 55.2 Å². The van der Waals surface area contributed by atoms with Gasteiger partial charge < -0.3 is 39.8 Å². The Morgan fingerprint density at radius 3 is 1.22 bits per heavy atom. The minimum absolute atomic E-state index is 0.0163. The maximum atomic E-state index is 14.7. The monoisotopic (exact) mass is 1720 g/mol. The number of nitrogens with zero attached hydrogens (tertiary/aromatic N) is 2. The van der Waals surface area contributed by atoms with Crippen LogP contribution in [0.15, 0.2) is 70.9 Å². The van der Waals surface area contributed by atoms with Gasteiger partial charge in [-0.25, -0.2) is 25.6 Å². The summed E-state index contributed by atoms with van der Waals surface area (Å²) in [4.78, 5) is 52.9. The Morgan fingerprint density at radius 1 is 0.496 bits per heavy atom. The normalized spacial score (nSPS) is 41.2. The van der Waals surface area contributed by atoms with Crippen molar-refractivity contribution in [2.24, 2.45) is 124 Å². The highest BCUT2D eigenvalue weighted by Crippen LogP contribution is 2.79. The molecular formula is C98H155ClF2N4O12S2. The van der Waals surface area contributed by atoms with Crippen LogP contribution < -0.4 is 10.6 Å². The predicted molar refractivity (Wildman–Crippen MR) is 473 cm³/mol. The standard InChI is InChI=1S/C49H77FN2O6S.C43H67FN2O4S.C6H11ClO2/c1-33(2)35-15-22-49(51-25-26-52-27-29-59(55,56)30-28-52)24-23-46(9)37(40(35)49)11-12-39-45(8)18-16-36(44(6,7)38(45)17-19-47(39,46)10)34-13-20-48(31-50,21-14-34)42(54)58-32-57-41(53)43(3,4)5;1-29(2)31-12-19-43(45-22-23-46-24-26-51(49,50)27-25-46)21-20-40(6)33(36(31)43)8-9-35-39(5)15-13-32(38(3,4)34(39)14-16-41(35,40)7)30-10-17-42(28-44,18-11-30)37(47)48;1-6(2,3)5(8)9-4-7/h13,16,35,37-40,51H,1,11-12,14-15,17-32H2,2-10H3;10,13,31,33-36,45H,1,8-9,11-12,14-28H2,2-7H3,(H,47,48);4H2,1-3H3/t35-,37+,38-,39+,40+,45-,46+,47+,48+,49-;31-,33+,34-,35+,36+,39-,40+,41+,42+,43-;/m00./s1. The van der Waals surface area contributed by atoms with E-state index in [0.29, 0.717) is 123 Å². The highest BCUT2D eigenvalue weighted by atomic mass is 35.5. The Morgan fingerprint density at radius 2 is 0.882 bits per heavy atom. The number of fused-ring (bicyclic) bond motifs is 14. The van der Waals surface area contributed by atoms with Crippen LogP contribution in [0.25, 0.3) is 0 Å². The van der Waals surface area contributed by atoms with Gasteiger partial charge >= 0.3 is 23.9 Å². The third kappa shape index (κ3) is 17.0. The summed E-state index contributed by atoms with van der Waals surface area (Å²) in [6.45, 7) is 54.3. The van der Waals surface area contributed by atoms with E-state index in [4.69, 9.17) is 21.1 Å². The van der Waals surface area contributed by atoms with Gasteiger partial charge in [-0.05, 0) is 334 Å². The van der Waals surface area contributed by atoms with Crippen molar-refractivity contribution < 1.29 is 64.1 Å². The minimum atomic E-state index is -2.88. The molecule has 0 bridgehead atoms. The molecule has 16 nitrogen and oxygen atoms in total. The summed E-state index contributed by atoms with van der Waals surface area (Å²) >= 11 is 5.16. The molecule has 20 atom stereocenters. The van der Waals surface area contributed by atoms with Gasteiger partial charge in [0.15, 0.2) is 25.7 Å². The van der Waals surface area contributed by atoms with Crippen molar-refractivity contribution in [3.8, 4) is 0 Å². The zero-order valence-electron chi connectivity index (χ0n) is 76.6. The van der Waals surface area contributed by atoms with Crippen molar-refractivity contribution in [1.82, 2.24) is 20.4 Å². The molecule has 0 amide bonds. The molecule has 2 saturated heterocycles. The number of esters is 3. The molecule has 3 N–H and O–H groups in total. The van der Waals surface area contributed by atoms with Gasteiger partial charge in [0.2, 0.25) is 6.79 Å². The second-order valence-corrected chi connectivity index (χ2v) is 50.5. The molecule has 0 aromatic carbocycles. The number of carbonyl (C=O) groups is 4. The molecule has 8 saturated carbocycles. The molecule has 14 rings (SSSR count). The molecular weight excluding hydrogens is 1560 g/mol. The number of aliphatic carboxylic acids is 1. The van der Waals surface area contributed by atoms with E-state index in [1.54, 1.807) is 41.5 Å². The van der Waals surface area contributed by atoms with Crippen LogP contribution in [0.4, 0.5) is 8.78 Å². The van der Waals surface area contributed by atoms with Gasteiger partial charge in [0.25, 0.3) is 0 Å². The third-order valence-electron chi connectivity index (χ3n) is 37.1. The number of carboxylic acid groups (broad SMARTS) is 1. The van der Waals surface area contributed by atoms with Gasteiger partial charge in [-0.1, -0.05) is 129 Å². The first-order chi connectivity index (χ1) is 55.3. The predicted octanol–water partition coefficient (Wildman–Crippen LogP) is 19.6. The van der Waals surface area contributed by atoms with E-state index < -0.39 is 79.4 Å². The molecule has 672 valence electrons. The van der Waals surface area contributed by atoms with Crippen LogP contribution in [0, 0.1) is 124 Å². The number of nitrogens with one attached hydrogen (secondary N) is 2. The molecule has 12 aliphatic carbocycles. The molecule has 0 unspecified atom stereocenters. The lowest BCUT2D eigenvalue weighted by Crippen LogP contribution is -2.68. The number of sulfone groups is 2. The van der Waals surface area contributed by atoms with Crippen LogP contribution in [-0.4, -0.2) is 168 Å². The van der Waals surface area contributed by atoms with Crippen LogP contribution in [-0.2, 0) is 53.1 Å². The number of carboxylic acids is 1. The summed E-state index contributed by atoms with van der Waals surface area (Å²) in [6.07, 6.45) is 33.7. The number of carbonyl (C=O) groups excluding carboxylic acids is 3. The average Bonchev–Trinajstić information content (AvgIpc) is 1.67. The average molecular weight is 1720 g/mol. The highest BCUT2D eigenvalue weighted by Gasteiger charge is 2.73. The molecule has 0 spiro atoms. The van der Waals surface area contributed by atoms with Crippen molar-refractivity contribution in [2.45, 2.75) is 290 Å². The topological polar surface area (TPSA) is 215 Å². The van der Waals surface area contributed by atoms with Gasteiger partial charge in [-0.15, -0.1) is 0 Å². The summed E-state index contributed by atoms with van der Waals surface area (Å²) in [5.74, 6) is 4.67. The second kappa shape index (κ2) is 34.1. The van der Waals surface area contributed by atoms with Gasteiger partial charge in [0.05, 0.1) is 39.3 Å². The van der Waals surface area contributed by atoms with Crippen LogP contribution >= 0.6 is 11.6 Å². The van der Waals surface area contributed by atoms with E-state index in [0.717, 1.165) is 39.0 Å². The molecule has 2 aliphatic heterocycles. The van der Waals surface area contributed by atoms with Crippen molar-refractivity contribution in [3.05, 3.63) is 70.9 Å². The quantitative estimate of drug-likeness (QED) is 0.0474. The number of alkyl halides is 3. The zero-order valence-corrected chi connectivity index (χ0v) is 79.0. The fraction of sp³-hybridized carbons (Fsp3) is 0.837. The van der Waals surface area contributed by atoms with Gasteiger partial charge in [0.1, 0.15) is 18.8 Å². The Balaban J connectivity index is 0.000000199. The molecule has 0 aromatic rings.